The van der Waals surface area contributed by atoms with E-state index in [0.717, 1.165) is 17.9 Å². The van der Waals surface area contributed by atoms with E-state index in [9.17, 15) is 0 Å². The number of nitrogens with zero attached hydrogens (tertiary/aromatic N) is 1. The summed E-state index contributed by atoms with van der Waals surface area (Å²) in [6.07, 6.45) is 8.23. The van der Waals surface area contributed by atoms with Crippen molar-refractivity contribution >= 4 is 0 Å². The van der Waals surface area contributed by atoms with Crippen molar-refractivity contribution in [2.24, 2.45) is 11.8 Å². The lowest BCUT2D eigenvalue weighted by molar-refractivity contribution is -0.0155. The molecule has 3 unspecified atom stereocenters. The van der Waals surface area contributed by atoms with Crippen molar-refractivity contribution in [3.8, 4) is 0 Å². The lowest BCUT2D eigenvalue weighted by atomic mass is 9.72. The summed E-state index contributed by atoms with van der Waals surface area (Å²) in [7, 11) is 0. The molecule has 25 heavy (non-hydrogen) atoms. The van der Waals surface area contributed by atoms with Gasteiger partial charge in [-0.05, 0) is 57.4 Å². The van der Waals surface area contributed by atoms with Gasteiger partial charge in [-0.2, -0.15) is 0 Å². The Kier molecular flexibility index (Phi) is 5.36. The van der Waals surface area contributed by atoms with Crippen LogP contribution in [0.15, 0.2) is 30.3 Å². The highest BCUT2D eigenvalue weighted by atomic mass is 15.3. The van der Waals surface area contributed by atoms with Crippen LogP contribution in [0, 0.1) is 11.8 Å². The predicted molar refractivity (Wildman–Crippen MR) is 109 cm³/mol. The molecule has 1 saturated carbocycles. The Bertz CT molecular complexity index is 551. The number of benzene rings is 1. The molecule has 1 nitrogen and oxygen atoms in total. The van der Waals surface area contributed by atoms with E-state index in [-0.39, 0.29) is 11.0 Å². The van der Waals surface area contributed by atoms with Crippen molar-refractivity contribution in [1.82, 2.24) is 4.90 Å². The molecule has 2 fully saturated rings. The molecule has 0 aromatic heterocycles. The third-order valence-corrected chi connectivity index (χ3v) is 7.76. The van der Waals surface area contributed by atoms with Gasteiger partial charge >= 0.3 is 0 Å². The summed E-state index contributed by atoms with van der Waals surface area (Å²) in [5, 5.41) is 0. The molecule has 2 aliphatic rings. The molecule has 1 saturated heterocycles. The van der Waals surface area contributed by atoms with Gasteiger partial charge in [0.1, 0.15) is 0 Å². The van der Waals surface area contributed by atoms with E-state index in [1.807, 2.05) is 0 Å². The van der Waals surface area contributed by atoms with Gasteiger partial charge in [0.15, 0.2) is 0 Å². The van der Waals surface area contributed by atoms with Crippen molar-refractivity contribution in [1.29, 1.82) is 0 Å². The van der Waals surface area contributed by atoms with Gasteiger partial charge in [-0.15, -0.1) is 0 Å². The first kappa shape index (κ1) is 19.0. The minimum atomic E-state index is 0.249. The molecular weight excluding hydrogens is 302 g/mol. The summed E-state index contributed by atoms with van der Waals surface area (Å²) in [5.41, 5.74) is 2.04. The Morgan fingerprint density at radius 3 is 2.04 bits per heavy atom. The highest BCUT2D eigenvalue weighted by Crippen LogP contribution is 2.52. The van der Waals surface area contributed by atoms with Crippen LogP contribution in [0.25, 0.3) is 0 Å². The molecule has 1 heteroatoms. The maximum atomic E-state index is 2.97. The quantitative estimate of drug-likeness (QED) is 0.610. The van der Waals surface area contributed by atoms with Crippen molar-refractivity contribution in [2.75, 3.05) is 0 Å². The molecule has 0 radical (unpaired) electrons. The Morgan fingerprint density at radius 1 is 0.960 bits per heavy atom. The molecule has 140 valence electrons. The standard InChI is InChI=1S/C24H39N/c1-7-19-13-12-14-20(8-2)22(19)25-18(3)24(6,17-23(25,4)5)21-15-10-9-11-16-21/h9-11,15-16,18-20,22H,7-8,12-14,17H2,1-6H3/t18?,19-,20?,22+,24?/m1/s1. The number of likely N-dealkylation sites (tertiary alicyclic amines) is 1. The first-order valence-corrected chi connectivity index (χ1v) is 10.7. The second-order valence-corrected chi connectivity index (χ2v) is 9.61. The van der Waals surface area contributed by atoms with Crippen LogP contribution >= 0.6 is 0 Å². The second kappa shape index (κ2) is 7.06. The van der Waals surface area contributed by atoms with Gasteiger partial charge in [-0.25, -0.2) is 0 Å². The fourth-order valence-corrected chi connectivity index (χ4v) is 6.51. The normalized spacial score (nSPS) is 38.8. The first-order chi connectivity index (χ1) is 11.8. The van der Waals surface area contributed by atoms with Gasteiger partial charge < -0.3 is 0 Å². The summed E-state index contributed by atoms with van der Waals surface area (Å²) >= 11 is 0. The monoisotopic (exact) mass is 341 g/mol. The van der Waals surface area contributed by atoms with E-state index in [4.69, 9.17) is 0 Å². The van der Waals surface area contributed by atoms with Crippen LogP contribution in [0.1, 0.15) is 85.6 Å². The highest BCUT2D eigenvalue weighted by molar-refractivity contribution is 5.31. The molecule has 1 aromatic rings. The van der Waals surface area contributed by atoms with Crippen molar-refractivity contribution in [3.63, 3.8) is 0 Å². The minimum Gasteiger partial charge on any atom is -0.291 e. The Hall–Kier alpha value is -0.820. The first-order valence-electron chi connectivity index (χ1n) is 10.7. The maximum Gasteiger partial charge on any atom is 0.0170 e. The molecule has 1 aliphatic carbocycles. The smallest absolute Gasteiger partial charge is 0.0170 e. The molecule has 5 atom stereocenters. The lowest BCUT2D eigenvalue weighted by Gasteiger charge is -2.50. The van der Waals surface area contributed by atoms with Crippen LogP contribution < -0.4 is 0 Å². The van der Waals surface area contributed by atoms with E-state index in [1.54, 1.807) is 0 Å². The summed E-state index contributed by atoms with van der Waals surface area (Å²) < 4.78 is 0. The molecule has 1 heterocycles. The van der Waals surface area contributed by atoms with Crippen molar-refractivity contribution in [2.45, 2.75) is 103 Å². The zero-order valence-electron chi connectivity index (χ0n) is 17.4. The van der Waals surface area contributed by atoms with Crippen LogP contribution in [-0.2, 0) is 5.41 Å². The van der Waals surface area contributed by atoms with E-state index >= 15 is 0 Å². The van der Waals surface area contributed by atoms with Crippen LogP contribution in [0.4, 0.5) is 0 Å². The van der Waals surface area contributed by atoms with Crippen LogP contribution in [0.5, 0.6) is 0 Å². The van der Waals surface area contributed by atoms with Crippen molar-refractivity contribution < 1.29 is 0 Å². The predicted octanol–water partition coefficient (Wildman–Crippen LogP) is 6.42. The van der Waals surface area contributed by atoms with Crippen LogP contribution in [0.2, 0.25) is 0 Å². The fourth-order valence-electron chi connectivity index (χ4n) is 6.51. The molecule has 3 rings (SSSR count). The molecule has 0 amide bonds. The number of hydrogen-bond donors (Lipinski definition) is 0. The zero-order chi connectivity index (χ0) is 18.2. The topological polar surface area (TPSA) is 3.24 Å². The average Bonchev–Trinajstić information content (AvgIpc) is 2.80. The molecule has 1 aliphatic heterocycles. The fraction of sp³-hybridized carbons (Fsp3) is 0.750. The average molecular weight is 342 g/mol. The molecular formula is C24H39N. The van der Waals surface area contributed by atoms with Gasteiger partial charge in [0, 0.05) is 23.0 Å². The summed E-state index contributed by atoms with van der Waals surface area (Å²) in [6.45, 7) is 14.9. The van der Waals surface area contributed by atoms with Crippen LogP contribution in [0.3, 0.4) is 0 Å². The van der Waals surface area contributed by atoms with Crippen molar-refractivity contribution in [3.05, 3.63) is 35.9 Å². The number of hydrogen-bond acceptors (Lipinski definition) is 1. The SMILES string of the molecule is CCC1CCC[C@@H](CC)[C@@H]1N1C(C)C(C)(c2ccccc2)CC1(C)C. The van der Waals surface area contributed by atoms with E-state index in [0.29, 0.717) is 6.04 Å². The Morgan fingerprint density at radius 2 is 1.52 bits per heavy atom. The minimum absolute atomic E-state index is 0.249. The van der Waals surface area contributed by atoms with E-state index < -0.39 is 0 Å². The third-order valence-electron chi connectivity index (χ3n) is 7.76. The van der Waals surface area contributed by atoms with E-state index in [2.05, 4.69) is 76.8 Å². The number of rotatable bonds is 4. The van der Waals surface area contributed by atoms with Gasteiger partial charge in [-0.3, -0.25) is 4.90 Å². The zero-order valence-corrected chi connectivity index (χ0v) is 17.4. The molecule has 0 spiro atoms. The third kappa shape index (κ3) is 3.18. The van der Waals surface area contributed by atoms with Gasteiger partial charge in [-0.1, -0.05) is 70.4 Å². The Balaban J connectivity index is 2.00. The Labute approximate surface area is 156 Å². The summed E-state index contributed by atoms with van der Waals surface area (Å²) in [4.78, 5) is 2.97. The molecule has 0 N–H and O–H groups in total. The van der Waals surface area contributed by atoms with Gasteiger partial charge in [0.25, 0.3) is 0 Å². The second-order valence-electron chi connectivity index (χ2n) is 9.61. The molecule has 0 bridgehead atoms. The maximum absolute atomic E-state index is 2.97. The summed E-state index contributed by atoms with van der Waals surface area (Å²) in [6, 6.07) is 12.6. The molecule has 1 aromatic carbocycles. The highest BCUT2D eigenvalue weighted by Gasteiger charge is 2.56. The van der Waals surface area contributed by atoms with Crippen LogP contribution in [-0.4, -0.2) is 22.5 Å². The lowest BCUT2D eigenvalue weighted by Crippen LogP contribution is -2.56. The summed E-state index contributed by atoms with van der Waals surface area (Å²) in [5.74, 6) is 1.75. The van der Waals surface area contributed by atoms with Gasteiger partial charge in [0.2, 0.25) is 0 Å². The largest absolute Gasteiger partial charge is 0.291 e. The van der Waals surface area contributed by atoms with Gasteiger partial charge in [0.05, 0.1) is 0 Å². The van der Waals surface area contributed by atoms with E-state index in [1.165, 1.54) is 44.1 Å².